The number of fused-ring (bicyclic) bond motifs is 7. The molecule has 1 aromatic carbocycles. The zero-order valence-corrected chi connectivity index (χ0v) is 26.7. The van der Waals surface area contributed by atoms with Gasteiger partial charge in [-0.3, -0.25) is 9.52 Å². The van der Waals surface area contributed by atoms with Gasteiger partial charge in [0.05, 0.1) is 6.57 Å². The minimum absolute atomic E-state index is 0.0423. The number of carbonyl (C=O) groups excluding carboxylic acids is 2. The van der Waals surface area contributed by atoms with Gasteiger partial charge in [0.15, 0.2) is 11.6 Å². The third kappa shape index (κ3) is 3.96. The van der Waals surface area contributed by atoms with Crippen LogP contribution in [0.15, 0.2) is 58.6 Å². The van der Waals surface area contributed by atoms with Crippen molar-refractivity contribution in [1.29, 1.82) is 0 Å². The number of nitrogens with zero attached hydrogens (tertiary/aromatic N) is 1. The van der Waals surface area contributed by atoms with Gasteiger partial charge in [-0.2, -0.15) is 0 Å². The molecule has 0 aliphatic heterocycles. The van der Waals surface area contributed by atoms with E-state index in [1.54, 1.807) is 11.9 Å². The lowest BCUT2D eigenvalue weighted by Gasteiger charge is -2.69. The number of benzene rings is 1. The van der Waals surface area contributed by atoms with E-state index in [4.69, 9.17) is 6.57 Å². The van der Waals surface area contributed by atoms with Crippen LogP contribution in [-0.2, 0) is 9.59 Å². The smallest absolute Gasteiger partial charge is 0.226 e. The molecule has 1 N–H and O–H groups in total. The van der Waals surface area contributed by atoms with Gasteiger partial charge in [-0.05, 0) is 103 Å². The molecule has 3 saturated carbocycles. The van der Waals surface area contributed by atoms with E-state index in [0.717, 1.165) is 44.9 Å². The Hall–Kier alpha value is -2.16. The predicted molar refractivity (Wildman–Crippen MR) is 166 cm³/mol. The van der Waals surface area contributed by atoms with Crippen LogP contribution in [0.1, 0.15) is 93.4 Å². The highest BCUT2D eigenvalue weighted by molar-refractivity contribution is 7.97. The molecule has 5 heteroatoms. The summed E-state index contributed by atoms with van der Waals surface area (Å²) >= 11 is 1.74. The Kier molecular flexibility index (Phi) is 6.47. The standard InChI is InChI=1S/C36H46N2O2S/c1-31(2)16-18-36(38-41-23-12-10-9-11-13-23)19-17-35(7)29(24(36)21-31)26(39)20-28-33(5)22-25(37-8)30(40)32(3,4)27(33)14-15-34(28,35)6/h9-13,20,22,24,27,29,38H,14-19,21H2,1-7H3/t24?,27-,29?,33-,34+,35+,36-/m0/s1. The van der Waals surface area contributed by atoms with Gasteiger partial charge in [0.1, 0.15) is 0 Å². The van der Waals surface area contributed by atoms with E-state index in [9.17, 15) is 9.59 Å². The number of Topliss-reactive ketones (excluding diaryl/α,β-unsaturated/α-hetero) is 1. The van der Waals surface area contributed by atoms with E-state index in [1.807, 2.05) is 26.0 Å². The molecule has 2 unspecified atom stereocenters. The lowest BCUT2D eigenvalue weighted by molar-refractivity contribution is -0.159. The largest absolute Gasteiger partial charge is 0.307 e. The van der Waals surface area contributed by atoms with Crippen molar-refractivity contribution in [2.75, 3.05) is 0 Å². The van der Waals surface area contributed by atoms with Gasteiger partial charge in [0.25, 0.3) is 0 Å². The van der Waals surface area contributed by atoms with Crippen LogP contribution in [0.5, 0.6) is 0 Å². The summed E-state index contributed by atoms with van der Waals surface area (Å²) in [5.41, 5.74) is 0.0997. The van der Waals surface area contributed by atoms with E-state index in [2.05, 4.69) is 74.5 Å². The Labute approximate surface area is 251 Å². The minimum Gasteiger partial charge on any atom is -0.307 e. The molecule has 0 aromatic heterocycles. The summed E-state index contributed by atoms with van der Waals surface area (Å²) in [6.07, 6.45) is 11.2. The molecule has 4 nitrogen and oxygen atoms in total. The molecular formula is C36H46N2O2S. The first kappa shape index (κ1) is 28.9. The first-order chi connectivity index (χ1) is 19.1. The SMILES string of the molecule is [C-]#[N+]C1=C[C@]2(C)C3=CC(=O)C4C5CC(C)(C)CC[C@]5(NSc5ccccc5)CC[C@@]4(C)[C@]3(C)CC[C@H]2C(C)(C)C1=O. The molecule has 0 saturated heterocycles. The van der Waals surface area contributed by atoms with Crippen LogP contribution >= 0.6 is 11.9 Å². The van der Waals surface area contributed by atoms with Crippen molar-refractivity contribution in [2.24, 2.45) is 44.8 Å². The molecule has 41 heavy (non-hydrogen) atoms. The number of rotatable bonds is 3. The number of carbonyl (C=O) groups is 2. The maximum atomic E-state index is 14.6. The highest BCUT2D eigenvalue weighted by Gasteiger charge is 2.69. The van der Waals surface area contributed by atoms with E-state index in [1.165, 1.54) is 10.5 Å². The van der Waals surface area contributed by atoms with Crippen molar-refractivity contribution in [1.82, 2.24) is 4.72 Å². The Morgan fingerprint density at radius 1 is 0.927 bits per heavy atom. The Morgan fingerprint density at radius 2 is 1.61 bits per heavy atom. The molecule has 0 radical (unpaired) electrons. The summed E-state index contributed by atoms with van der Waals surface area (Å²) in [6, 6.07) is 10.5. The third-order valence-electron chi connectivity index (χ3n) is 13.0. The van der Waals surface area contributed by atoms with Crippen LogP contribution in [0, 0.1) is 51.4 Å². The molecule has 0 bridgehead atoms. The zero-order chi connectivity index (χ0) is 29.6. The quantitative estimate of drug-likeness (QED) is 0.292. The summed E-state index contributed by atoms with van der Waals surface area (Å²) in [5.74, 6) is 0.524. The fourth-order valence-corrected chi connectivity index (χ4v) is 11.4. The van der Waals surface area contributed by atoms with Crippen molar-refractivity contribution in [3.8, 4) is 0 Å². The third-order valence-corrected chi connectivity index (χ3v) is 14.0. The van der Waals surface area contributed by atoms with E-state index < -0.39 is 10.8 Å². The second-order valence-corrected chi connectivity index (χ2v) is 16.8. The van der Waals surface area contributed by atoms with Crippen LogP contribution in [0.4, 0.5) is 0 Å². The van der Waals surface area contributed by atoms with Gasteiger partial charge in [-0.15, -0.1) is 0 Å². The molecule has 5 aliphatic carbocycles. The highest BCUT2D eigenvalue weighted by atomic mass is 32.2. The fourth-order valence-electron chi connectivity index (χ4n) is 10.4. The Bertz CT molecular complexity index is 1400. The van der Waals surface area contributed by atoms with Crippen LogP contribution in [-0.4, -0.2) is 17.1 Å². The van der Waals surface area contributed by atoms with E-state index in [-0.39, 0.29) is 56.8 Å². The molecule has 6 rings (SSSR count). The Morgan fingerprint density at radius 3 is 2.29 bits per heavy atom. The van der Waals surface area contributed by atoms with E-state index in [0.29, 0.717) is 0 Å². The van der Waals surface area contributed by atoms with Gasteiger partial charge < -0.3 is 4.79 Å². The monoisotopic (exact) mass is 570 g/mol. The highest BCUT2D eigenvalue weighted by Crippen LogP contribution is 2.73. The number of allylic oxidation sites excluding steroid dienone is 4. The predicted octanol–water partition coefficient (Wildman–Crippen LogP) is 8.61. The molecule has 0 heterocycles. The van der Waals surface area contributed by atoms with Gasteiger partial charge >= 0.3 is 0 Å². The second kappa shape index (κ2) is 9.17. The maximum Gasteiger partial charge on any atom is 0.226 e. The lowest BCUT2D eigenvalue weighted by atomic mass is 9.35. The van der Waals surface area contributed by atoms with Crippen LogP contribution < -0.4 is 4.72 Å². The Balaban J connectivity index is 1.46. The van der Waals surface area contributed by atoms with Crippen molar-refractivity contribution in [2.45, 2.75) is 104 Å². The normalized spacial score (nSPS) is 42.4. The van der Waals surface area contributed by atoms with Gasteiger partial charge in [-0.25, -0.2) is 4.85 Å². The maximum absolute atomic E-state index is 14.6. The lowest BCUT2D eigenvalue weighted by Crippen LogP contribution is -2.68. The molecule has 3 fully saturated rings. The summed E-state index contributed by atoms with van der Waals surface area (Å²) < 4.78 is 3.99. The summed E-state index contributed by atoms with van der Waals surface area (Å²) in [5, 5.41) is 0. The van der Waals surface area contributed by atoms with Gasteiger partial charge in [-0.1, -0.05) is 78.3 Å². The van der Waals surface area contributed by atoms with Crippen LogP contribution in [0.2, 0.25) is 0 Å². The zero-order valence-electron chi connectivity index (χ0n) is 25.9. The van der Waals surface area contributed by atoms with Gasteiger partial charge in [0.2, 0.25) is 5.70 Å². The molecule has 218 valence electrons. The first-order valence-corrected chi connectivity index (χ1v) is 16.4. The number of hydrogen-bond acceptors (Lipinski definition) is 4. The number of nitrogens with one attached hydrogen (secondary N) is 1. The van der Waals surface area contributed by atoms with Crippen molar-refractivity contribution >= 4 is 23.5 Å². The topological polar surface area (TPSA) is 50.5 Å². The second-order valence-electron chi connectivity index (χ2n) is 15.9. The van der Waals surface area contributed by atoms with Gasteiger partial charge in [0, 0.05) is 27.2 Å². The fraction of sp³-hybridized carbons (Fsp3) is 0.639. The number of ketones is 2. The minimum atomic E-state index is -0.625. The first-order valence-electron chi connectivity index (χ1n) is 15.5. The average molecular weight is 571 g/mol. The molecular weight excluding hydrogens is 524 g/mol. The van der Waals surface area contributed by atoms with Crippen LogP contribution in [0.3, 0.4) is 0 Å². The molecule has 0 amide bonds. The van der Waals surface area contributed by atoms with E-state index >= 15 is 0 Å². The summed E-state index contributed by atoms with van der Waals surface area (Å²) in [7, 11) is 0. The van der Waals surface area contributed by atoms with Crippen molar-refractivity contribution in [3.05, 3.63) is 65.2 Å². The van der Waals surface area contributed by atoms with Crippen LogP contribution in [0.25, 0.3) is 4.85 Å². The van der Waals surface area contributed by atoms with Crippen molar-refractivity contribution < 1.29 is 9.59 Å². The average Bonchev–Trinajstić information content (AvgIpc) is 2.92. The number of hydrogen-bond donors (Lipinski definition) is 1. The molecule has 0 spiro atoms. The summed E-state index contributed by atoms with van der Waals surface area (Å²) in [6.45, 7) is 23.7. The van der Waals surface area contributed by atoms with Crippen molar-refractivity contribution in [3.63, 3.8) is 0 Å². The molecule has 1 aromatic rings. The molecule has 7 atom stereocenters. The summed E-state index contributed by atoms with van der Waals surface area (Å²) in [4.78, 5) is 32.9. The molecule has 5 aliphatic rings.